The van der Waals surface area contributed by atoms with E-state index >= 15 is 0 Å². The van der Waals surface area contributed by atoms with Crippen LogP contribution in [0.3, 0.4) is 0 Å². The molecule has 2 aromatic carbocycles. The van der Waals surface area contributed by atoms with Crippen LogP contribution in [0.15, 0.2) is 42.7 Å². The van der Waals surface area contributed by atoms with Gasteiger partial charge in [-0.15, -0.1) is 0 Å². The summed E-state index contributed by atoms with van der Waals surface area (Å²) in [6, 6.07) is 8.74. The molecule has 0 spiro atoms. The van der Waals surface area contributed by atoms with Crippen molar-refractivity contribution in [1.82, 2.24) is 14.9 Å². The summed E-state index contributed by atoms with van der Waals surface area (Å²) in [5.74, 6) is -1.86. The second-order valence-electron chi connectivity index (χ2n) is 6.17. The van der Waals surface area contributed by atoms with E-state index in [0.717, 1.165) is 12.1 Å². The van der Waals surface area contributed by atoms with Crippen LogP contribution in [0, 0.1) is 17.1 Å². The van der Waals surface area contributed by atoms with Crippen molar-refractivity contribution >= 4 is 16.9 Å². The molecule has 0 aliphatic carbocycles. The first-order chi connectivity index (χ1) is 13.2. The van der Waals surface area contributed by atoms with Crippen LogP contribution in [0.2, 0.25) is 0 Å². The number of carbonyl (C=O) groups excluding carboxylic acids is 1. The molecule has 1 N–H and O–H groups in total. The molecule has 5 nitrogen and oxygen atoms in total. The molecule has 3 rings (SSSR count). The Bertz CT molecular complexity index is 1080. The number of nitrogens with zero attached hydrogens (tertiary/aromatic N) is 3. The molecular weight excluding hydrogens is 376 g/mol. The Morgan fingerprint density at radius 1 is 1.32 bits per heavy atom. The van der Waals surface area contributed by atoms with Crippen LogP contribution in [0.4, 0.5) is 17.6 Å². The number of para-hydroxylation sites is 1. The first kappa shape index (κ1) is 19.4. The van der Waals surface area contributed by atoms with Gasteiger partial charge in [0.2, 0.25) is 5.91 Å². The Labute approximate surface area is 157 Å². The number of hydrogen-bond acceptors (Lipinski definition) is 3. The van der Waals surface area contributed by atoms with Gasteiger partial charge in [-0.1, -0.05) is 12.1 Å². The molecular formula is C19H14F4N4O. The van der Waals surface area contributed by atoms with Crippen molar-refractivity contribution in [3.63, 3.8) is 0 Å². The maximum atomic E-state index is 14.0. The maximum absolute atomic E-state index is 14.0. The Morgan fingerprint density at radius 2 is 2.07 bits per heavy atom. The minimum absolute atomic E-state index is 0.0551. The summed E-state index contributed by atoms with van der Waals surface area (Å²) in [4.78, 5) is 15.8. The van der Waals surface area contributed by atoms with Crippen molar-refractivity contribution in [3.8, 4) is 6.07 Å². The number of nitriles is 1. The van der Waals surface area contributed by atoms with Crippen molar-refractivity contribution in [2.45, 2.75) is 25.7 Å². The zero-order valence-corrected chi connectivity index (χ0v) is 14.6. The number of nitrogens with one attached hydrogen (secondary N) is 1. The Kier molecular flexibility index (Phi) is 5.05. The van der Waals surface area contributed by atoms with Gasteiger partial charge in [-0.2, -0.15) is 18.4 Å². The van der Waals surface area contributed by atoms with Crippen molar-refractivity contribution in [2.24, 2.45) is 0 Å². The van der Waals surface area contributed by atoms with E-state index < -0.39 is 29.5 Å². The lowest BCUT2D eigenvalue weighted by Gasteiger charge is -2.20. The van der Waals surface area contributed by atoms with E-state index in [-0.39, 0.29) is 12.1 Å². The third-order valence-electron chi connectivity index (χ3n) is 4.22. The molecule has 1 atom stereocenters. The molecule has 0 bridgehead atoms. The first-order valence-corrected chi connectivity index (χ1v) is 8.18. The number of imidazole rings is 1. The molecule has 144 valence electrons. The lowest BCUT2D eigenvalue weighted by molar-refractivity contribution is -0.140. The van der Waals surface area contributed by atoms with E-state index in [0.29, 0.717) is 22.7 Å². The third-order valence-corrected chi connectivity index (χ3v) is 4.22. The number of aromatic nitrogens is 2. The van der Waals surface area contributed by atoms with Crippen LogP contribution in [0.5, 0.6) is 0 Å². The summed E-state index contributed by atoms with van der Waals surface area (Å²) < 4.78 is 54.0. The van der Waals surface area contributed by atoms with Gasteiger partial charge in [-0.3, -0.25) is 4.79 Å². The van der Waals surface area contributed by atoms with Crippen molar-refractivity contribution in [2.75, 3.05) is 0 Å². The third kappa shape index (κ3) is 3.81. The molecule has 1 heterocycles. The van der Waals surface area contributed by atoms with Crippen molar-refractivity contribution in [3.05, 3.63) is 65.2 Å². The standard InChI is InChI=1S/C19H14F4N4O/c1-11(28)26-17(12-5-6-14(15(20)7-12)19(21,22)23)9-27-10-25-16-4-2-3-13(8-24)18(16)27/h2-7,10,17H,9H2,1H3,(H,26,28). The highest BCUT2D eigenvalue weighted by Gasteiger charge is 2.34. The summed E-state index contributed by atoms with van der Waals surface area (Å²) in [6.45, 7) is 1.31. The predicted octanol–water partition coefficient (Wildman–Crippen LogP) is 3.94. The quantitative estimate of drug-likeness (QED) is 0.686. The van der Waals surface area contributed by atoms with Gasteiger partial charge in [-0.25, -0.2) is 9.37 Å². The molecule has 1 amide bonds. The zero-order chi connectivity index (χ0) is 20.5. The molecule has 9 heteroatoms. The SMILES string of the molecule is CC(=O)NC(Cn1cnc2cccc(C#N)c21)c1ccc(C(F)(F)F)c(F)c1. The van der Waals surface area contributed by atoms with Gasteiger partial charge in [0.1, 0.15) is 11.9 Å². The van der Waals surface area contributed by atoms with E-state index in [2.05, 4.69) is 16.4 Å². The number of amides is 1. The lowest BCUT2D eigenvalue weighted by atomic mass is 10.0. The average Bonchev–Trinajstić information content (AvgIpc) is 3.02. The molecule has 1 unspecified atom stereocenters. The van der Waals surface area contributed by atoms with Crippen LogP contribution in [-0.2, 0) is 17.5 Å². The normalized spacial score (nSPS) is 12.6. The van der Waals surface area contributed by atoms with Crippen molar-refractivity contribution < 1.29 is 22.4 Å². The lowest BCUT2D eigenvalue weighted by Crippen LogP contribution is -2.29. The summed E-state index contributed by atoms with van der Waals surface area (Å²) >= 11 is 0. The van der Waals surface area contributed by atoms with E-state index in [1.54, 1.807) is 22.8 Å². The van der Waals surface area contributed by atoms with E-state index in [9.17, 15) is 27.6 Å². The summed E-state index contributed by atoms with van der Waals surface area (Å²) in [5, 5.41) is 11.9. The van der Waals surface area contributed by atoms with Gasteiger partial charge in [0.15, 0.2) is 0 Å². The Hall–Kier alpha value is -3.41. The number of benzene rings is 2. The van der Waals surface area contributed by atoms with Gasteiger partial charge < -0.3 is 9.88 Å². The highest BCUT2D eigenvalue weighted by Crippen LogP contribution is 2.33. The van der Waals surface area contributed by atoms with E-state index in [1.165, 1.54) is 13.3 Å². The maximum Gasteiger partial charge on any atom is 0.419 e. The molecule has 0 saturated heterocycles. The Balaban J connectivity index is 2.02. The number of halogens is 4. The molecule has 0 fully saturated rings. The zero-order valence-electron chi connectivity index (χ0n) is 14.6. The van der Waals surface area contributed by atoms with Gasteiger partial charge >= 0.3 is 6.18 Å². The Morgan fingerprint density at radius 3 is 2.68 bits per heavy atom. The van der Waals surface area contributed by atoms with Gasteiger partial charge in [0, 0.05) is 13.5 Å². The fourth-order valence-electron chi connectivity index (χ4n) is 3.01. The molecule has 1 aromatic heterocycles. The molecule has 0 aliphatic rings. The molecule has 28 heavy (non-hydrogen) atoms. The van der Waals surface area contributed by atoms with Crippen LogP contribution in [-0.4, -0.2) is 15.5 Å². The molecule has 0 aliphatic heterocycles. The van der Waals surface area contributed by atoms with Crippen molar-refractivity contribution in [1.29, 1.82) is 5.26 Å². The minimum atomic E-state index is -4.81. The second kappa shape index (κ2) is 7.31. The number of carbonyl (C=O) groups is 1. The van der Waals surface area contributed by atoms with Crippen LogP contribution in [0.25, 0.3) is 11.0 Å². The molecule has 0 radical (unpaired) electrons. The summed E-state index contributed by atoms with van der Waals surface area (Å²) in [5.41, 5.74) is 0.219. The average molecular weight is 390 g/mol. The molecule has 0 saturated carbocycles. The summed E-state index contributed by atoms with van der Waals surface area (Å²) in [6.07, 6.45) is -3.35. The van der Waals surface area contributed by atoms with Crippen LogP contribution < -0.4 is 5.32 Å². The monoisotopic (exact) mass is 390 g/mol. The van der Waals surface area contributed by atoms with Gasteiger partial charge in [0.25, 0.3) is 0 Å². The fraction of sp³-hybridized carbons (Fsp3) is 0.211. The smallest absolute Gasteiger partial charge is 0.348 e. The fourth-order valence-corrected chi connectivity index (χ4v) is 3.01. The number of rotatable bonds is 4. The van der Waals surface area contributed by atoms with E-state index in [4.69, 9.17) is 0 Å². The van der Waals surface area contributed by atoms with Crippen LogP contribution in [0.1, 0.15) is 29.7 Å². The first-order valence-electron chi connectivity index (χ1n) is 8.18. The van der Waals surface area contributed by atoms with Gasteiger partial charge in [0.05, 0.1) is 34.5 Å². The number of hydrogen-bond donors (Lipinski definition) is 1. The highest BCUT2D eigenvalue weighted by molar-refractivity contribution is 5.81. The van der Waals surface area contributed by atoms with Crippen LogP contribution >= 0.6 is 0 Å². The predicted molar refractivity (Wildman–Crippen MR) is 92.4 cm³/mol. The van der Waals surface area contributed by atoms with Gasteiger partial charge in [-0.05, 0) is 29.8 Å². The topological polar surface area (TPSA) is 70.7 Å². The van der Waals surface area contributed by atoms with E-state index in [1.807, 2.05) is 0 Å². The molecule has 3 aromatic rings. The second-order valence-corrected chi connectivity index (χ2v) is 6.17. The minimum Gasteiger partial charge on any atom is -0.348 e. The summed E-state index contributed by atoms with van der Waals surface area (Å²) in [7, 11) is 0. The largest absolute Gasteiger partial charge is 0.419 e. The number of fused-ring (bicyclic) bond motifs is 1. The highest BCUT2D eigenvalue weighted by atomic mass is 19.4. The number of alkyl halides is 3.